The number of aryl methyl sites for hydroxylation is 3. The quantitative estimate of drug-likeness (QED) is 0.0675. The highest BCUT2D eigenvalue weighted by atomic mass is 35.5. The number of β-amino-alcohol motifs (C(OH)–C–C–N with tert-alkyl or cyclic N) is 1. The van der Waals surface area contributed by atoms with E-state index in [1.54, 1.807) is 22.7 Å². The number of rotatable bonds is 19. The Morgan fingerprint density at radius 2 is 1.62 bits per heavy atom. The number of aliphatic hydroxyl groups is 1. The van der Waals surface area contributed by atoms with E-state index in [1.807, 2.05) is 93.2 Å². The van der Waals surface area contributed by atoms with Gasteiger partial charge in [-0.3, -0.25) is 28.7 Å². The Morgan fingerprint density at radius 3 is 2.32 bits per heavy atom. The van der Waals surface area contributed by atoms with Crippen LogP contribution in [0, 0.1) is 33.1 Å². The normalized spacial score (nSPS) is 17.2. The highest BCUT2D eigenvalue weighted by molar-refractivity contribution is 7.15. The van der Waals surface area contributed by atoms with Gasteiger partial charge in [0.1, 0.15) is 35.6 Å². The minimum absolute atomic E-state index is 0.0196. The molecule has 0 spiro atoms. The van der Waals surface area contributed by atoms with Gasteiger partial charge in [-0.1, -0.05) is 68.8 Å². The molecule has 2 aliphatic rings. The van der Waals surface area contributed by atoms with Crippen molar-refractivity contribution in [3.05, 3.63) is 104 Å². The Labute approximate surface area is 409 Å². The highest BCUT2D eigenvalue weighted by Crippen LogP contribution is 2.40. The molecule has 1 fully saturated rings. The molecule has 1 saturated heterocycles. The summed E-state index contributed by atoms with van der Waals surface area (Å²) in [4.78, 5) is 66.9. The number of thiazole rings is 1. The average Bonchev–Trinajstić information content (AvgIpc) is 4.07. The topological polar surface area (TPSA) is 202 Å². The van der Waals surface area contributed by atoms with Crippen LogP contribution in [0.25, 0.3) is 15.4 Å². The molecule has 5 heterocycles. The van der Waals surface area contributed by atoms with Crippen molar-refractivity contribution in [3.8, 4) is 15.4 Å². The van der Waals surface area contributed by atoms with E-state index < -0.39 is 41.5 Å². The molecule has 4 atom stereocenters. The van der Waals surface area contributed by atoms with Gasteiger partial charge >= 0.3 is 0 Å². The van der Waals surface area contributed by atoms with Crippen LogP contribution < -0.4 is 16.0 Å². The summed E-state index contributed by atoms with van der Waals surface area (Å²) in [7, 11) is 0. The first-order valence-corrected chi connectivity index (χ1v) is 24.9. The second-order valence-corrected chi connectivity index (χ2v) is 20.8. The minimum atomic E-state index is -0.968. The van der Waals surface area contributed by atoms with Crippen LogP contribution in [0.3, 0.4) is 0 Å². The fourth-order valence-corrected chi connectivity index (χ4v) is 10.4. The zero-order valence-electron chi connectivity index (χ0n) is 39.6. The van der Waals surface area contributed by atoms with E-state index in [9.17, 15) is 24.3 Å². The Balaban J connectivity index is 0.814. The van der Waals surface area contributed by atoms with Gasteiger partial charge in [0.05, 0.1) is 34.3 Å². The van der Waals surface area contributed by atoms with Crippen molar-refractivity contribution in [2.75, 3.05) is 39.5 Å². The van der Waals surface area contributed by atoms with Crippen molar-refractivity contribution in [2.45, 2.75) is 105 Å². The lowest BCUT2D eigenvalue weighted by Gasteiger charge is -2.35. The van der Waals surface area contributed by atoms with Crippen LogP contribution in [-0.4, -0.2) is 117 Å². The largest absolute Gasteiger partial charge is 0.391 e. The van der Waals surface area contributed by atoms with Gasteiger partial charge in [-0.05, 0) is 74.8 Å². The lowest BCUT2D eigenvalue weighted by Crippen LogP contribution is -2.58. The first kappa shape index (κ1) is 50.5. The van der Waals surface area contributed by atoms with Gasteiger partial charge in [-0.15, -0.1) is 32.9 Å². The van der Waals surface area contributed by atoms with Crippen molar-refractivity contribution >= 4 is 63.6 Å². The van der Waals surface area contributed by atoms with Gasteiger partial charge in [-0.2, -0.15) is 0 Å². The highest BCUT2D eigenvalue weighted by Gasteiger charge is 2.44. The summed E-state index contributed by atoms with van der Waals surface area (Å²) in [5.41, 5.74) is 7.82. The number of fused-ring (bicyclic) bond motifs is 3. The third-order valence-corrected chi connectivity index (χ3v) is 14.5. The summed E-state index contributed by atoms with van der Waals surface area (Å²) in [6, 6.07) is 13.0. The third kappa shape index (κ3) is 12.1. The summed E-state index contributed by atoms with van der Waals surface area (Å²) in [6.07, 6.45) is 0.420. The van der Waals surface area contributed by atoms with Crippen LogP contribution in [-0.2, 0) is 35.2 Å². The number of ether oxygens (including phenoxy) is 2. The molecule has 2 aliphatic heterocycles. The summed E-state index contributed by atoms with van der Waals surface area (Å²) >= 11 is 9.46. The van der Waals surface area contributed by atoms with Crippen molar-refractivity contribution in [1.29, 1.82) is 0 Å². The molecule has 0 saturated carbocycles. The molecule has 7 rings (SSSR count). The molecular weight excluding hydrogens is 926 g/mol. The number of hydrogen-bond acceptors (Lipinski definition) is 13. The number of carbonyl (C=O) groups excluding carboxylic acids is 4. The Hall–Kier alpha value is -5.37. The van der Waals surface area contributed by atoms with Gasteiger partial charge < -0.3 is 35.4 Å². The van der Waals surface area contributed by atoms with Crippen LogP contribution in [0.2, 0.25) is 5.02 Å². The lowest BCUT2D eigenvalue weighted by molar-refractivity contribution is -0.144. The zero-order valence-corrected chi connectivity index (χ0v) is 41.9. The number of nitrogens with zero attached hydrogens (tertiary/aromatic N) is 6. The molecule has 3 aromatic heterocycles. The molecule has 362 valence electrons. The number of nitrogens with one attached hydrogen (secondary N) is 3. The molecule has 0 unspecified atom stereocenters. The number of halogens is 1. The van der Waals surface area contributed by atoms with E-state index in [-0.39, 0.29) is 51.0 Å². The number of aromatic nitrogens is 4. The van der Waals surface area contributed by atoms with Gasteiger partial charge in [0, 0.05) is 66.9 Å². The second kappa shape index (κ2) is 22.4. The van der Waals surface area contributed by atoms with Crippen molar-refractivity contribution < 1.29 is 33.8 Å². The molecule has 4 N–H and O–H groups in total. The van der Waals surface area contributed by atoms with Crippen LogP contribution in [0.4, 0.5) is 0 Å². The molecule has 0 radical (unpaired) electrons. The maximum absolute atomic E-state index is 14.0. The lowest BCUT2D eigenvalue weighted by atomic mass is 9.85. The van der Waals surface area contributed by atoms with E-state index in [4.69, 9.17) is 26.1 Å². The smallest absolute Gasteiger partial charge is 0.246 e. The Kier molecular flexibility index (Phi) is 16.6. The summed E-state index contributed by atoms with van der Waals surface area (Å²) in [5, 5.41) is 29.8. The van der Waals surface area contributed by atoms with E-state index in [1.165, 1.54) is 9.78 Å². The molecule has 68 heavy (non-hydrogen) atoms. The molecule has 4 amide bonds. The van der Waals surface area contributed by atoms with Gasteiger partial charge in [0.15, 0.2) is 5.82 Å². The first-order chi connectivity index (χ1) is 32.5. The van der Waals surface area contributed by atoms with E-state index in [0.29, 0.717) is 43.4 Å². The number of likely N-dealkylation sites (tertiary alicyclic amines) is 1. The standard InChI is InChI=1S/C49H60ClN9O7S2/c1-28-30(3)68-48-41(28)42(33-14-16-35(50)17-15-33)54-37(45-57-56-31(4)59(45)48)23-39(61)51-18-8-19-65-20-9-21-66-26-40(62)55-44(49(5,6)7)47(64)58-25-36(60)22-38(58)46(63)52-24-32-10-12-34(13-11-32)43-29(2)53-27-67-43/h10-17,27,36-38,44,60H,8-9,18-26H2,1-7H3,(H,51,61)(H,52,63)(H,55,62)/t36-,37+,38+,44-/m1/s1. The number of benzene rings is 2. The van der Waals surface area contributed by atoms with E-state index in [0.717, 1.165) is 54.9 Å². The molecular formula is C49H60ClN9O7S2. The summed E-state index contributed by atoms with van der Waals surface area (Å²) < 4.78 is 13.4. The van der Waals surface area contributed by atoms with Gasteiger partial charge in [0.2, 0.25) is 23.6 Å². The van der Waals surface area contributed by atoms with Crippen LogP contribution in [0.1, 0.15) is 97.0 Å². The predicted molar refractivity (Wildman–Crippen MR) is 263 cm³/mol. The summed E-state index contributed by atoms with van der Waals surface area (Å²) in [5.74, 6) is -0.117. The van der Waals surface area contributed by atoms with Gasteiger partial charge in [-0.25, -0.2) is 4.98 Å². The fraction of sp³-hybridized carbons (Fsp3) is 0.469. The molecule has 2 aromatic carbocycles. The van der Waals surface area contributed by atoms with Crippen LogP contribution in [0.5, 0.6) is 0 Å². The molecule has 0 aliphatic carbocycles. The molecule has 16 nitrogen and oxygen atoms in total. The molecule has 0 bridgehead atoms. The van der Waals surface area contributed by atoms with Crippen molar-refractivity contribution in [3.63, 3.8) is 0 Å². The Morgan fingerprint density at radius 1 is 0.912 bits per heavy atom. The van der Waals surface area contributed by atoms with E-state index in [2.05, 4.69) is 45.0 Å². The molecule has 5 aromatic rings. The zero-order chi connectivity index (χ0) is 48.7. The van der Waals surface area contributed by atoms with E-state index >= 15 is 0 Å². The summed E-state index contributed by atoms with van der Waals surface area (Å²) in [6.45, 7) is 15.0. The number of aliphatic imine (C=N–C) groups is 1. The number of aliphatic hydroxyl groups excluding tert-OH is 1. The number of hydrogen-bond donors (Lipinski definition) is 4. The average molecular weight is 987 g/mol. The number of amides is 4. The number of carbonyl (C=O) groups is 4. The van der Waals surface area contributed by atoms with Crippen molar-refractivity contribution in [1.82, 2.24) is 40.6 Å². The minimum Gasteiger partial charge on any atom is -0.391 e. The van der Waals surface area contributed by atoms with Crippen molar-refractivity contribution in [2.24, 2.45) is 10.4 Å². The number of thiophene rings is 1. The van der Waals surface area contributed by atoms with Crippen LogP contribution in [0.15, 0.2) is 59.0 Å². The maximum Gasteiger partial charge on any atom is 0.246 e. The maximum atomic E-state index is 14.0. The second-order valence-electron chi connectivity index (χ2n) is 18.3. The Bertz CT molecular complexity index is 2620. The van der Waals surface area contributed by atoms with Gasteiger partial charge in [0.25, 0.3) is 0 Å². The SMILES string of the molecule is Cc1ncsc1-c1ccc(CNC(=O)[C@@H]2C[C@@H](O)CN2C(=O)[C@@H](NC(=O)COCCCOCCCNC(=O)C[C@@H]2N=C(c3ccc(Cl)cc3)c3c(sc(C)c3C)-n3c(C)nnc32)C(C)(C)C)cc1. The van der Waals surface area contributed by atoms with Crippen LogP contribution >= 0.6 is 34.3 Å². The fourth-order valence-electron chi connectivity index (χ4n) is 8.30. The third-order valence-electron chi connectivity index (χ3n) is 12.0. The monoisotopic (exact) mass is 985 g/mol. The molecule has 19 heteroatoms. The predicted octanol–water partition coefficient (Wildman–Crippen LogP) is 6.36. The first-order valence-electron chi connectivity index (χ1n) is 22.8.